The lowest BCUT2D eigenvalue weighted by Crippen LogP contribution is -2.43. The summed E-state index contributed by atoms with van der Waals surface area (Å²) < 4.78 is 5.08. The Kier molecular flexibility index (Phi) is 7.64. The molecule has 2 amide bonds. The maximum atomic E-state index is 11.4. The second-order valence-electron chi connectivity index (χ2n) is 5.60. The zero-order chi connectivity index (χ0) is 15.8. The van der Waals surface area contributed by atoms with Gasteiger partial charge in [-0.3, -0.25) is 9.59 Å². The summed E-state index contributed by atoms with van der Waals surface area (Å²) in [6, 6.07) is -0.270. The third kappa shape index (κ3) is 11.3. The molecule has 7 nitrogen and oxygen atoms in total. The second-order valence-corrected chi connectivity index (χ2v) is 5.60. The van der Waals surface area contributed by atoms with E-state index in [9.17, 15) is 14.4 Å². The molecule has 1 unspecified atom stereocenters. The van der Waals surface area contributed by atoms with E-state index in [1.807, 2.05) is 0 Å². The predicted octanol–water partition coefficient (Wildman–Crippen LogP) is 1.27. The van der Waals surface area contributed by atoms with Gasteiger partial charge in [0.1, 0.15) is 5.60 Å². The molecule has 1 atom stereocenters. The Morgan fingerprint density at radius 2 is 1.80 bits per heavy atom. The standard InChI is InChI=1S/C13H24N2O5/c1-9(15-12(19)20-13(2,3)4)8-14-10(16)6-5-7-11(17)18/h9H,5-8H2,1-4H3,(H,14,16)(H,15,19)(H,17,18). The van der Waals surface area contributed by atoms with E-state index in [-0.39, 0.29) is 31.3 Å². The van der Waals surface area contributed by atoms with Crippen LogP contribution in [0.25, 0.3) is 0 Å². The van der Waals surface area contributed by atoms with Gasteiger partial charge in [-0.1, -0.05) is 0 Å². The van der Waals surface area contributed by atoms with Crippen LogP contribution in [0, 0.1) is 0 Å². The first-order chi connectivity index (χ1) is 9.10. The van der Waals surface area contributed by atoms with Crippen molar-refractivity contribution in [3.05, 3.63) is 0 Å². The number of nitrogens with one attached hydrogen (secondary N) is 2. The highest BCUT2D eigenvalue weighted by molar-refractivity contribution is 5.76. The molecule has 0 bridgehead atoms. The van der Waals surface area contributed by atoms with E-state index < -0.39 is 17.7 Å². The number of alkyl carbamates (subject to hydrolysis) is 1. The summed E-state index contributed by atoms with van der Waals surface area (Å²) in [5, 5.41) is 13.7. The summed E-state index contributed by atoms with van der Waals surface area (Å²) >= 11 is 0. The number of aliphatic carboxylic acids is 1. The molecule has 0 aromatic carbocycles. The van der Waals surface area contributed by atoms with Crippen molar-refractivity contribution < 1.29 is 24.2 Å². The van der Waals surface area contributed by atoms with Gasteiger partial charge in [-0.05, 0) is 34.1 Å². The minimum absolute atomic E-state index is 0.0286. The molecule has 0 aliphatic heterocycles. The van der Waals surface area contributed by atoms with Crippen molar-refractivity contribution in [1.82, 2.24) is 10.6 Å². The normalized spacial score (nSPS) is 12.4. The SMILES string of the molecule is CC(CNC(=O)CCCC(=O)O)NC(=O)OC(C)(C)C. The Labute approximate surface area is 119 Å². The summed E-state index contributed by atoms with van der Waals surface area (Å²) in [7, 11) is 0. The molecule has 7 heteroatoms. The van der Waals surface area contributed by atoms with Gasteiger partial charge in [-0.2, -0.15) is 0 Å². The first-order valence-corrected chi connectivity index (χ1v) is 6.58. The van der Waals surface area contributed by atoms with E-state index in [0.29, 0.717) is 6.42 Å². The number of carboxylic acids is 1. The quantitative estimate of drug-likeness (QED) is 0.654. The maximum Gasteiger partial charge on any atom is 0.407 e. The fraction of sp³-hybridized carbons (Fsp3) is 0.769. The van der Waals surface area contributed by atoms with Crippen LogP contribution in [-0.4, -0.2) is 41.3 Å². The molecule has 3 N–H and O–H groups in total. The summed E-state index contributed by atoms with van der Waals surface area (Å²) in [5.41, 5.74) is -0.566. The molecule has 0 radical (unpaired) electrons. The Bertz CT molecular complexity index is 349. The van der Waals surface area contributed by atoms with E-state index in [1.54, 1.807) is 27.7 Å². The van der Waals surface area contributed by atoms with Gasteiger partial charge in [0.25, 0.3) is 0 Å². The number of hydrogen-bond acceptors (Lipinski definition) is 4. The van der Waals surface area contributed by atoms with Crippen LogP contribution in [0.3, 0.4) is 0 Å². The molecule has 0 aliphatic carbocycles. The Morgan fingerprint density at radius 3 is 2.30 bits per heavy atom. The third-order valence-electron chi connectivity index (χ3n) is 2.16. The predicted molar refractivity (Wildman–Crippen MR) is 73.3 cm³/mol. The monoisotopic (exact) mass is 288 g/mol. The van der Waals surface area contributed by atoms with Crippen LogP contribution in [0.5, 0.6) is 0 Å². The Morgan fingerprint density at radius 1 is 1.20 bits per heavy atom. The number of carboxylic acid groups (broad SMARTS) is 1. The lowest BCUT2D eigenvalue weighted by atomic mass is 10.2. The van der Waals surface area contributed by atoms with Crippen molar-refractivity contribution in [3.63, 3.8) is 0 Å². The highest BCUT2D eigenvalue weighted by Crippen LogP contribution is 2.06. The van der Waals surface area contributed by atoms with Crippen LogP contribution in [0.4, 0.5) is 4.79 Å². The van der Waals surface area contributed by atoms with Crippen molar-refractivity contribution in [2.24, 2.45) is 0 Å². The molecule has 0 aromatic heterocycles. The van der Waals surface area contributed by atoms with Crippen molar-refractivity contribution in [2.45, 2.75) is 58.6 Å². The molecule has 116 valence electrons. The van der Waals surface area contributed by atoms with Gasteiger partial charge in [-0.25, -0.2) is 4.79 Å². The zero-order valence-electron chi connectivity index (χ0n) is 12.5. The highest BCUT2D eigenvalue weighted by Gasteiger charge is 2.17. The molecule has 0 saturated carbocycles. The molecule has 0 rings (SSSR count). The fourth-order valence-corrected chi connectivity index (χ4v) is 1.32. The number of hydrogen-bond donors (Lipinski definition) is 3. The summed E-state index contributed by atoms with van der Waals surface area (Å²) in [6.07, 6.45) is -0.107. The average Bonchev–Trinajstić information content (AvgIpc) is 2.23. The lowest BCUT2D eigenvalue weighted by molar-refractivity contribution is -0.137. The summed E-state index contributed by atoms with van der Waals surface area (Å²) in [5.74, 6) is -1.15. The third-order valence-corrected chi connectivity index (χ3v) is 2.16. The fourth-order valence-electron chi connectivity index (χ4n) is 1.32. The lowest BCUT2D eigenvalue weighted by Gasteiger charge is -2.22. The molecule has 0 saturated heterocycles. The van der Waals surface area contributed by atoms with Crippen LogP contribution in [0.15, 0.2) is 0 Å². The highest BCUT2D eigenvalue weighted by atomic mass is 16.6. The molecular formula is C13H24N2O5. The van der Waals surface area contributed by atoms with Crippen LogP contribution < -0.4 is 10.6 Å². The van der Waals surface area contributed by atoms with Gasteiger partial charge in [0.2, 0.25) is 5.91 Å². The van der Waals surface area contributed by atoms with Crippen LogP contribution >= 0.6 is 0 Å². The van der Waals surface area contributed by atoms with Gasteiger partial charge in [0, 0.05) is 25.4 Å². The van der Waals surface area contributed by atoms with E-state index in [2.05, 4.69) is 10.6 Å². The van der Waals surface area contributed by atoms with Crippen LogP contribution in [-0.2, 0) is 14.3 Å². The van der Waals surface area contributed by atoms with Crippen molar-refractivity contribution >= 4 is 18.0 Å². The molecule has 0 aromatic rings. The van der Waals surface area contributed by atoms with Crippen molar-refractivity contribution in [1.29, 1.82) is 0 Å². The molecule has 0 fully saturated rings. The molecule has 0 spiro atoms. The van der Waals surface area contributed by atoms with E-state index in [1.165, 1.54) is 0 Å². The van der Waals surface area contributed by atoms with Gasteiger partial charge < -0.3 is 20.5 Å². The Balaban J connectivity index is 3.81. The van der Waals surface area contributed by atoms with Gasteiger partial charge in [-0.15, -0.1) is 0 Å². The smallest absolute Gasteiger partial charge is 0.407 e. The van der Waals surface area contributed by atoms with E-state index in [4.69, 9.17) is 9.84 Å². The minimum Gasteiger partial charge on any atom is -0.481 e. The first kappa shape index (κ1) is 18.2. The summed E-state index contributed by atoms with van der Waals surface area (Å²) in [6.45, 7) is 7.30. The topological polar surface area (TPSA) is 105 Å². The van der Waals surface area contributed by atoms with E-state index >= 15 is 0 Å². The van der Waals surface area contributed by atoms with Crippen molar-refractivity contribution in [2.75, 3.05) is 6.54 Å². The summed E-state index contributed by atoms with van der Waals surface area (Å²) in [4.78, 5) is 33.1. The maximum absolute atomic E-state index is 11.4. The van der Waals surface area contributed by atoms with Crippen LogP contribution in [0.1, 0.15) is 47.0 Å². The first-order valence-electron chi connectivity index (χ1n) is 6.58. The molecule has 20 heavy (non-hydrogen) atoms. The van der Waals surface area contributed by atoms with Crippen LogP contribution in [0.2, 0.25) is 0 Å². The second kappa shape index (κ2) is 8.39. The minimum atomic E-state index is -0.919. The Hall–Kier alpha value is -1.79. The largest absolute Gasteiger partial charge is 0.481 e. The molecule has 0 aliphatic rings. The van der Waals surface area contributed by atoms with Gasteiger partial charge >= 0.3 is 12.1 Å². The number of carbonyl (C=O) groups is 3. The number of ether oxygens (including phenoxy) is 1. The number of rotatable bonds is 7. The number of amides is 2. The molecular weight excluding hydrogens is 264 g/mol. The number of carbonyl (C=O) groups excluding carboxylic acids is 2. The average molecular weight is 288 g/mol. The van der Waals surface area contributed by atoms with Crippen molar-refractivity contribution in [3.8, 4) is 0 Å². The molecule has 0 heterocycles. The zero-order valence-corrected chi connectivity index (χ0v) is 12.5. The van der Waals surface area contributed by atoms with E-state index in [0.717, 1.165) is 0 Å². The van der Waals surface area contributed by atoms with Gasteiger partial charge in [0.15, 0.2) is 0 Å². The van der Waals surface area contributed by atoms with Gasteiger partial charge in [0.05, 0.1) is 0 Å².